The van der Waals surface area contributed by atoms with E-state index in [0.717, 1.165) is 18.0 Å². The van der Waals surface area contributed by atoms with Gasteiger partial charge >= 0.3 is 5.70 Å². The normalized spacial score (nSPS) is 12.1. The minimum atomic E-state index is -0.593. The van der Waals surface area contributed by atoms with Gasteiger partial charge in [0.15, 0.2) is 0 Å². The van der Waals surface area contributed by atoms with Gasteiger partial charge in [-0.3, -0.25) is 15.1 Å². The molecule has 1 heterocycles. The second-order valence-corrected chi connectivity index (χ2v) is 3.31. The maximum absolute atomic E-state index is 10.8. The minimum absolute atomic E-state index is 0.00292. The molecule has 0 atom stereocenters. The van der Waals surface area contributed by atoms with Crippen molar-refractivity contribution in [3.05, 3.63) is 70.5 Å². The van der Waals surface area contributed by atoms with Crippen LogP contribution in [0, 0.1) is 17.0 Å². The van der Waals surface area contributed by atoms with Crippen molar-refractivity contribution in [2.75, 3.05) is 0 Å². The first-order chi connectivity index (χ1) is 8.58. The Hall–Kier alpha value is -2.63. The molecule has 0 fully saturated rings. The van der Waals surface area contributed by atoms with Gasteiger partial charge in [0, 0.05) is 17.8 Å². The summed E-state index contributed by atoms with van der Waals surface area (Å²) >= 11 is 0. The van der Waals surface area contributed by atoms with Crippen molar-refractivity contribution >= 4 is 0 Å². The number of nitrogens with two attached hydrogens (primary N) is 1. The number of allylic oxidation sites excluding steroid dienone is 2. The molecule has 0 bridgehead atoms. The van der Waals surface area contributed by atoms with Crippen LogP contribution in [0.2, 0.25) is 0 Å². The first-order valence-electron chi connectivity index (χ1n) is 5.08. The van der Waals surface area contributed by atoms with Gasteiger partial charge in [-0.2, -0.15) is 0 Å². The van der Waals surface area contributed by atoms with Crippen molar-refractivity contribution in [3.63, 3.8) is 0 Å². The largest absolute Gasteiger partial charge is 0.448 e. The van der Waals surface area contributed by atoms with Crippen LogP contribution in [0.15, 0.2) is 54.7 Å². The number of hydrogen-bond donors (Lipinski definition) is 1. The summed E-state index contributed by atoms with van der Waals surface area (Å²) in [6, 6.07) is 3.40. The molecule has 0 saturated heterocycles. The lowest BCUT2D eigenvalue weighted by atomic mass is 10.3. The zero-order valence-corrected chi connectivity index (χ0v) is 9.87. The first-order valence-corrected chi connectivity index (χ1v) is 5.08. The molecule has 0 unspecified atom stereocenters. The Morgan fingerprint density at radius 1 is 1.61 bits per heavy atom. The lowest BCUT2D eigenvalue weighted by Gasteiger charge is -2.06. The van der Waals surface area contributed by atoms with E-state index >= 15 is 0 Å². The number of pyridine rings is 1. The number of aromatic nitrogens is 1. The second-order valence-electron chi connectivity index (χ2n) is 3.31. The van der Waals surface area contributed by atoms with Crippen LogP contribution in [-0.4, -0.2) is 9.91 Å². The van der Waals surface area contributed by atoms with Gasteiger partial charge in [-0.05, 0) is 25.3 Å². The molecule has 94 valence electrons. The fourth-order valence-corrected chi connectivity index (χ4v) is 1.17. The molecular formula is C12H13N3O3. The summed E-state index contributed by atoms with van der Waals surface area (Å²) in [7, 11) is 0. The van der Waals surface area contributed by atoms with E-state index in [2.05, 4.69) is 11.6 Å². The Balaban J connectivity index is 3.11. The lowest BCUT2D eigenvalue weighted by molar-refractivity contribution is -0.421. The van der Waals surface area contributed by atoms with E-state index in [9.17, 15) is 10.1 Å². The maximum Gasteiger partial charge on any atom is 0.311 e. The summed E-state index contributed by atoms with van der Waals surface area (Å²) in [5.41, 5.74) is 5.79. The summed E-state index contributed by atoms with van der Waals surface area (Å²) in [5.74, 6) is 0.387. The third-order valence-electron chi connectivity index (χ3n) is 2.00. The van der Waals surface area contributed by atoms with E-state index in [0.29, 0.717) is 5.75 Å². The van der Waals surface area contributed by atoms with Crippen molar-refractivity contribution in [2.45, 2.75) is 6.92 Å². The summed E-state index contributed by atoms with van der Waals surface area (Å²) in [4.78, 5) is 14.2. The van der Waals surface area contributed by atoms with Crippen molar-refractivity contribution < 1.29 is 9.66 Å². The van der Waals surface area contributed by atoms with E-state index in [1.165, 1.54) is 12.3 Å². The van der Waals surface area contributed by atoms with E-state index in [1.54, 1.807) is 12.1 Å². The molecule has 0 aliphatic rings. The van der Waals surface area contributed by atoms with Crippen LogP contribution in [0.4, 0.5) is 0 Å². The van der Waals surface area contributed by atoms with Crippen LogP contribution in [0.25, 0.3) is 0 Å². The molecule has 1 aromatic rings. The quantitative estimate of drug-likeness (QED) is 0.371. The van der Waals surface area contributed by atoms with Crippen LogP contribution in [-0.2, 0) is 0 Å². The first kappa shape index (κ1) is 13.4. The number of rotatable bonds is 5. The zero-order chi connectivity index (χ0) is 13.5. The van der Waals surface area contributed by atoms with E-state index < -0.39 is 4.92 Å². The van der Waals surface area contributed by atoms with Crippen molar-refractivity contribution in [1.82, 2.24) is 4.98 Å². The monoisotopic (exact) mass is 247 g/mol. The second kappa shape index (κ2) is 6.19. The minimum Gasteiger partial charge on any atom is -0.448 e. The average molecular weight is 247 g/mol. The molecule has 6 nitrogen and oxygen atoms in total. The lowest BCUT2D eigenvalue weighted by Crippen LogP contribution is -2.05. The molecule has 2 N–H and O–H groups in total. The third-order valence-corrected chi connectivity index (χ3v) is 2.00. The highest BCUT2D eigenvalue weighted by atomic mass is 16.6. The van der Waals surface area contributed by atoms with Gasteiger partial charge in [-0.15, -0.1) is 0 Å². The molecule has 0 amide bonds. The SMILES string of the molecule is C=C/C(=C(\C=C/N)Oc1ccc(C)nc1)[N+](=O)[O-]. The van der Waals surface area contributed by atoms with Gasteiger partial charge in [0.2, 0.25) is 5.76 Å². The zero-order valence-electron chi connectivity index (χ0n) is 9.87. The fourth-order valence-electron chi connectivity index (χ4n) is 1.17. The van der Waals surface area contributed by atoms with Crippen LogP contribution in [0.3, 0.4) is 0 Å². The number of hydrogen-bond acceptors (Lipinski definition) is 5. The molecule has 18 heavy (non-hydrogen) atoms. The topological polar surface area (TPSA) is 91.3 Å². The van der Waals surface area contributed by atoms with Gasteiger partial charge in [0.05, 0.1) is 11.1 Å². The standard InChI is InChI=1S/C12H13N3O3/c1-3-11(15(16)17)12(6-7-13)18-10-5-4-9(2)14-8-10/h3-8H,1,13H2,2H3/b7-6-,12-11-. The summed E-state index contributed by atoms with van der Waals surface area (Å²) in [6.45, 7) is 5.20. The van der Waals surface area contributed by atoms with Gasteiger partial charge in [-0.25, -0.2) is 0 Å². The molecule has 0 saturated carbocycles. The van der Waals surface area contributed by atoms with Crippen molar-refractivity contribution in [1.29, 1.82) is 0 Å². The van der Waals surface area contributed by atoms with E-state index in [1.807, 2.05) is 6.92 Å². The Kier molecular flexibility index (Phi) is 4.62. The van der Waals surface area contributed by atoms with E-state index in [-0.39, 0.29) is 11.5 Å². The Morgan fingerprint density at radius 2 is 2.33 bits per heavy atom. The van der Waals surface area contributed by atoms with Crippen LogP contribution >= 0.6 is 0 Å². The van der Waals surface area contributed by atoms with Gasteiger partial charge in [-0.1, -0.05) is 6.58 Å². The van der Waals surface area contributed by atoms with Crippen LogP contribution in [0.5, 0.6) is 5.75 Å². The Morgan fingerprint density at radius 3 is 2.78 bits per heavy atom. The number of nitro groups is 1. The van der Waals surface area contributed by atoms with Crippen LogP contribution < -0.4 is 10.5 Å². The molecule has 0 aromatic carbocycles. The molecule has 0 radical (unpaired) electrons. The molecule has 0 aliphatic carbocycles. The number of nitrogens with zero attached hydrogens (tertiary/aromatic N) is 2. The maximum atomic E-state index is 10.8. The van der Waals surface area contributed by atoms with Gasteiger partial charge < -0.3 is 10.5 Å². The third kappa shape index (κ3) is 3.44. The number of aryl methyl sites for hydroxylation is 1. The Bertz CT molecular complexity index is 504. The summed E-state index contributed by atoms with van der Waals surface area (Å²) in [6.07, 6.45) is 5.01. The predicted octanol–water partition coefficient (Wildman–Crippen LogP) is 1.92. The average Bonchev–Trinajstić information content (AvgIpc) is 2.32. The molecule has 1 aromatic heterocycles. The molecule has 0 spiro atoms. The highest BCUT2D eigenvalue weighted by Crippen LogP contribution is 2.17. The molecule has 0 aliphatic heterocycles. The van der Waals surface area contributed by atoms with E-state index in [4.69, 9.17) is 10.5 Å². The van der Waals surface area contributed by atoms with Crippen molar-refractivity contribution in [3.8, 4) is 5.75 Å². The van der Waals surface area contributed by atoms with Gasteiger partial charge in [0.1, 0.15) is 5.75 Å². The highest BCUT2D eigenvalue weighted by Gasteiger charge is 2.15. The molecule has 6 heteroatoms. The molecular weight excluding hydrogens is 234 g/mol. The Labute approximate surface area is 104 Å². The number of ether oxygens (including phenoxy) is 1. The smallest absolute Gasteiger partial charge is 0.311 e. The highest BCUT2D eigenvalue weighted by molar-refractivity contribution is 5.29. The molecule has 1 rings (SSSR count). The fraction of sp³-hybridized carbons (Fsp3) is 0.0833. The van der Waals surface area contributed by atoms with Crippen molar-refractivity contribution in [2.24, 2.45) is 5.73 Å². The van der Waals surface area contributed by atoms with Crippen LogP contribution in [0.1, 0.15) is 5.69 Å². The summed E-state index contributed by atoms with van der Waals surface area (Å²) < 4.78 is 5.36. The summed E-state index contributed by atoms with van der Waals surface area (Å²) in [5, 5.41) is 10.8. The van der Waals surface area contributed by atoms with Gasteiger partial charge in [0.25, 0.3) is 0 Å². The predicted molar refractivity (Wildman–Crippen MR) is 67.1 cm³/mol.